The molecular weight excluding hydrogens is 394 g/mol. The summed E-state index contributed by atoms with van der Waals surface area (Å²) in [4.78, 5) is 0. The maximum absolute atomic E-state index is 7.75. The van der Waals surface area contributed by atoms with E-state index in [1.807, 2.05) is 0 Å². The van der Waals surface area contributed by atoms with E-state index < -0.39 is 0 Å². The van der Waals surface area contributed by atoms with Gasteiger partial charge in [0, 0.05) is 31.1 Å². The fourth-order valence-electron chi connectivity index (χ4n) is 0. The van der Waals surface area contributed by atoms with E-state index >= 15 is 0 Å². The summed E-state index contributed by atoms with van der Waals surface area (Å²) in [6.45, 7) is 0. The van der Waals surface area contributed by atoms with Crippen LogP contribution in [0.4, 0.5) is 0 Å². The van der Waals surface area contributed by atoms with Crippen molar-refractivity contribution < 1.29 is 64.0 Å². The molecule has 0 saturated heterocycles. The van der Waals surface area contributed by atoms with Gasteiger partial charge in [-0.1, -0.05) is 0 Å². The van der Waals surface area contributed by atoms with Crippen molar-refractivity contribution in [3.63, 3.8) is 0 Å². The van der Waals surface area contributed by atoms with Crippen LogP contribution in [-0.4, -0.2) is 11.0 Å². The van der Waals surface area contributed by atoms with Crippen LogP contribution in [0.3, 0.4) is 0 Å². The molecule has 14 N–H and O–H groups in total. The van der Waals surface area contributed by atoms with E-state index in [0.717, 1.165) is 0 Å². The Morgan fingerprint density at radius 2 is 0.636 bits per heavy atom. The molecule has 0 unspecified atom stereocenters. The minimum atomic E-state index is 0. The molecule has 0 fully saturated rings. The zero-order valence-electron chi connectivity index (χ0n) is 5.44. The van der Waals surface area contributed by atoms with E-state index in [4.69, 9.17) is 10.4 Å². The number of nitrogens with two attached hydrogens (primary N) is 2. The van der Waals surface area contributed by atoms with Crippen LogP contribution in [-0.2, 0) is 21.9 Å². The van der Waals surface area contributed by atoms with Gasteiger partial charge in [-0.3, -0.25) is 0 Å². The first kappa shape index (κ1) is 188. The topological polar surface area (TPSA) is 284 Å². The molecule has 0 aromatic carbocycles. The molecule has 0 aliphatic rings. The minimum Gasteiger partial charge on any atom is -2.00 e. The molecule has 0 bridgehead atoms. The van der Waals surface area contributed by atoms with Gasteiger partial charge in [-0.25, -0.2) is 0 Å². The first-order valence-corrected chi connectivity index (χ1v) is 0.471. The third kappa shape index (κ3) is 1880. The Morgan fingerprint density at radius 1 is 0.636 bits per heavy atom. The molecule has 0 atom stereocenters. The van der Waals surface area contributed by atoms with Crippen LogP contribution in [0, 0.1) is 41.5 Å². The molecule has 80 valence electrons. The monoisotopic (exact) mass is 408 g/mol. The van der Waals surface area contributed by atoms with Gasteiger partial charge in [0.2, 0.25) is 0 Å². The van der Waals surface area contributed by atoms with Crippen molar-refractivity contribution in [1.29, 1.82) is 0 Å². The van der Waals surface area contributed by atoms with Gasteiger partial charge in [0.15, 0.2) is 0 Å². The van der Waals surface area contributed by atoms with E-state index in [9.17, 15) is 0 Å². The van der Waals surface area contributed by atoms with Crippen LogP contribution in [0.5, 0.6) is 0 Å². The molecule has 0 aliphatic carbocycles. The quantitative estimate of drug-likeness (QED) is 0.294. The molecule has 0 spiro atoms. The molecule has 0 amide bonds. The third-order valence-corrected chi connectivity index (χ3v) is 0. The Hall–Kier alpha value is 0.652. The van der Waals surface area contributed by atoms with Crippen molar-refractivity contribution in [3.05, 3.63) is 10.4 Å². The summed E-state index contributed by atoms with van der Waals surface area (Å²) in [6.07, 6.45) is 0. The molecule has 0 heterocycles. The van der Waals surface area contributed by atoms with Crippen molar-refractivity contribution in [2.45, 2.75) is 0 Å². The second-order valence-electron chi connectivity index (χ2n) is 0. The zero-order valence-corrected chi connectivity index (χ0v) is 9.61. The van der Waals surface area contributed by atoms with Crippen LogP contribution >= 0.6 is 0 Å². The van der Waals surface area contributed by atoms with Crippen LogP contribution in [0.25, 0.3) is 0 Å². The van der Waals surface area contributed by atoms with E-state index in [0.29, 0.717) is 0 Å². The first-order valence-electron chi connectivity index (χ1n) is 0.471. The second-order valence-corrected chi connectivity index (χ2v) is 0. The summed E-state index contributed by atoms with van der Waals surface area (Å²) in [5.74, 6) is 6.50. The Labute approximate surface area is 86.3 Å². The van der Waals surface area contributed by atoms with Gasteiger partial charge in [-0.05, 0) is 0 Å². The minimum absolute atomic E-state index is 0. The summed E-state index contributed by atoms with van der Waals surface area (Å²) < 4.78 is 0. The SMILES string of the molecule is N[O-].N[O-].O.O.[O-2].[O-2].[OH3+].[OH3+].[U]. The van der Waals surface area contributed by atoms with Gasteiger partial charge in [0.05, 0.1) is 0 Å². The Morgan fingerprint density at radius 3 is 0.636 bits per heavy atom. The molecular formula is H14N2O8U-4. The van der Waals surface area contributed by atoms with Gasteiger partial charge >= 0.3 is 0 Å². The molecule has 0 radical (unpaired) electrons. The van der Waals surface area contributed by atoms with Crippen molar-refractivity contribution in [1.82, 2.24) is 0 Å². The Balaban J connectivity index is -0.000000000635. The Kier molecular flexibility index (Phi) is 39900. The third-order valence-electron chi connectivity index (χ3n) is 0. The fourth-order valence-corrected chi connectivity index (χ4v) is 0. The van der Waals surface area contributed by atoms with E-state index in [1.54, 1.807) is 0 Å². The zero-order chi connectivity index (χ0) is 4.00. The summed E-state index contributed by atoms with van der Waals surface area (Å²) in [5.41, 5.74) is 0. The van der Waals surface area contributed by atoms with Gasteiger partial charge < -0.3 is 55.1 Å². The normalized spacial score (nSPS) is 1.09. The number of hydrogen-bond donors (Lipinski definition) is 2. The summed E-state index contributed by atoms with van der Waals surface area (Å²) in [5, 5.41) is 15.5. The molecule has 0 aromatic rings. The maximum atomic E-state index is 7.75. The largest absolute Gasteiger partial charge is 2.00 e. The van der Waals surface area contributed by atoms with Crippen LogP contribution in [0.1, 0.15) is 0 Å². The molecule has 0 aliphatic heterocycles. The molecule has 0 saturated carbocycles. The van der Waals surface area contributed by atoms with Gasteiger partial charge in [-0.15, -0.1) is 0 Å². The molecule has 11 heteroatoms. The fraction of sp³-hybridized carbons (Fsp3) is 0. The predicted octanol–water partition coefficient (Wildman–Crippen LogP) is -4.84. The molecule has 11 heavy (non-hydrogen) atoms. The van der Waals surface area contributed by atoms with Crippen molar-refractivity contribution in [3.8, 4) is 0 Å². The van der Waals surface area contributed by atoms with E-state index in [1.165, 1.54) is 0 Å². The summed E-state index contributed by atoms with van der Waals surface area (Å²) in [7, 11) is 0. The van der Waals surface area contributed by atoms with Crippen molar-refractivity contribution in [2.75, 3.05) is 0 Å². The molecule has 0 aromatic heterocycles. The van der Waals surface area contributed by atoms with Crippen molar-refractivity contribution >= 4 is 0 Å². The van der Waals surface area contributed by atoms with Gasteiger partial charge in [0.25, 0.3) is 0 Å². The smallest absolute Gasteiger partial charge is 0 e. The second kappa shape index (κ2) is 2330. The van der Waals surface area contributed by atoms with Gasteiger partial charge in [-0.2, -0.15) is 0 Å². The van der Waals surface area contributed by atoms with Crippen LogP contribution in [0.15, 0.2) is 0 Å². The van der Waals surface area contributed by atoms with Crippen molar-refractivity contribution in [2.24, 2.45) is 11.8 Å². The average molecular weight is 408 g/mol. The van der Waals surface area contributed by atoms with Crippen LogP contribution < -0.4 is 11.8 Å². The van der Waals surface area contributed by atoms with Crippen LogP contribution in [0.2, 0.25) is 0 Å². The van der Waals surface area contributed by atoms with E-state index in [-0.39, 0.29) is 64.0 Å². The average Bonchev–Trinajstić information content (AvgIpc) is 1.50. The number of hydrogen-bond acceptors (Lipinski definition) is 4. The predicted molar refractivity (Wildman–Crippen MR) is 33.5 cm³/mol. The molecule has 10 nitrogen and oxygen atoms in total. The standard InChI is InChI=1S/2H2NO.4H2O.2O.U/c2*1-2;;;;;;;/h2*1H2;4*1H2;;;/q2*-1;;;;;2*-2;/p+2. The van der Waals surface area contributed by atoms with E-state index in [2.05, 4.69) is 11.8 Å². The first-order chi connectivity index (χ1) is 2.00. The summed E-state index contributed by atoms with van der Waals surface area (Å²) in [6, 6.07) is 0. The Bertz CT molecular complexity index is 12.1. The molecule has 0 rings (SSSR count). The maximum Gasteiger partial charge on any atom is 0 e. The summed E-state index contributed by atoms with van der Waals surface area (Å²) >= 11 is 0. The number of rotatable bonds is 0. The van der Waals surface area contributed by atoms with Gasteiger partial charge in [0.1, 0.15) is 0 Å².